The number of aliphatic hydroxyl groups is 1. The molecule has 2 N–H and O–H groups in total. The van der Waals surface area contributed by atoms with Crippen LogP contribution in [-0.2, 0) is 6.54 Å². The van der Waals surface area contributed by atoms with Gasteiger partial charge in [0.25, 0.3) is 0 Å². The summed E-state index contributed by atoms with van der Waals surface area (Å²) in [5.41, 5.74) is 1.17. The Morgan fingerprint density at radius 2 is 2.11 bits per heavy atom. The molecule has 0 radical (unpaired) electrons. The molecule has 0 heterocycles. The zero-order valence-electron chi connectivity index (χ0n) is 11.4. The van der Waals surface area contributed by atoms with Gasteiger partial charge in [0.15, 0.2) is 0 Å². The summed E-state index contributed by atoms with van der Waals surface area (Å²) in [4.78, 5) is 0. The number of halogens is 1. The molecule has 2 atom stereocenters. The van der Waals surface area contributed by atoms with Crippen molar-refractivity contribution in [2.24, 2.45) is 0 Å². The monoisotopic (exact) mass is 327 g/mol. The Labute approximate surface area is 123 Å². The maximum Gasteiger partial charge on any atom is 0.124 e. The Hall–Kier alpha value is -0.580. The molecular formula is C15H22BrNO2. The maximum absolute atomic E-state index is 10.1. The van der Waals surface area contributed by atoms with Crippen molar-refractivity contribution in [2.45, 2.75) is 50.9 Å². The SMILES string of the molecule is CNCc1cc(OC2CCCCCC2O)ccc1Br. The van der Waals surface area contributed by atoms with Crippen molar-refractivity contribution in [1.29, 1.82) is 0 Å². The minimum Gasteiger partial charge on any atom is -0.488 e. The van der Waals surface area contributed by atoms with Crippen molar-refractivity contribution in [2.75, 3.05) is 7.05 Å². The molecule has 0 aromatic heterocycles. The number of hydrogen-bond acceptors (Lipinski definition) is 3. The Kier molecular flexibility index (Phi) is 5.67. The van der Waals surface area contributed by atoms with Crippen LogP contribution in [0.2, 0.25) is 0 Å². The van der Waals surface area contributed by atoms with Crippen molar-refractivity contribution in [3.63, 3.8) is 0 Å². The average molecular weight is 328 g/mol. The summed E-state index contributed by atoms with van der Waals surface area (Å²) >= 11 is 3.54. The summed E-state index contributed by atoms with van der Waals surface area (Å²) in [6, 6.07) is 6.00. The molecule has 106 valence electrons. The number of ether oxygens (including phenoxy) is 1. The number of rotatable bonds is 4. The molecule has 0 bridgehead atoms. The molecule has 0 amide bonds. The molecule has 3 nitrogen and oxygen atoms in total. The van der Waals surface area contributed by atoms with E-state index < -0.39 is 0 Å². The molecule has 19 heavy (non-hydrogen) atoms. The number of benzene rings is 1. The van der Waals surface area contributed by atoms with E-state index in [1.165, 1.54) is 12.0 Å². The molecule has 0 aliphatic heterocycles. The van der Waals surface area contributed by atoms with Gasteiger partial charge in [0, 0.05) is 11.0 Å². The van der Waals surface area contributed by atoms with E-state index in [1.54, 1.807) is 0 Å². The van der Waals surface area contributed by atoms with Gasteiger partial charge >= 0.3 is 0 Å². The zero-order valence-corrected chi connectivity index (χ0v) is 12.9. The van der Waals surface area contributed by atoms with E-state index in [2.05, 4.69) is 21.2 Å². The molecule has 1 fully saturated rings. The molecule has 1 aromatic carbocycles. The maximum atomic E-state index is 10.1. The standard InChI is InChI=1S/C15H22BrNO2/c1-17-10-11-9-12(7-8-13(11)16)19-15-6-4-2-3-5-14(15)18/h7-9,14-15,17-18H,2-6,10H2,1H3. The molecule has 1 saturated carbocycles. The minimum absolute atomic E-state index is 0.0638. The first-order chi connectivity index (χ1) is 9.20. The molecule has 0 saturated heterocycles. The van der Waals surface area contributed by atoms with Crippen molar-refractivity contribution in [3.8, 4) is 5.75 Å². The second-order valence-electron chi connectivity index (χ2n) is 5.15. The molecule has 1 aliphatic carbocycles. The van der Waals surface area contributed by atoms with E-state index in [-0.39, 0.29) is 12.2 Å². The highest BCUT2D eigenvalue weighted by molar-refractivity contribution is 9.10. The number of nitrogens with one attached hydrogen (secondary N) is 1. The first kappa shape index (κ1) is 14.8. The third-order valence-electron chi connectivity index (χ3n) is 3.59. The summed E-state index contributed by atoms with van der Waals surface area (Å²) in [5.74, 6) is 0.847. The smallest absolute Gasteiger partial charge is 0.124 e. The quantitative estimate of drug-likeness (QED) is 0.834. The van der Waals surface area contributed by atoms with E-state index in [0.29, 0.717) is 0 Å². The van der Waals surface area contributed by atoms with Gasteiger partial charge in [0.1, 0.15) is 11.9 Å². The van der Waals surface area contributed by atoms with Gasteiger partial charge in [-0.3, -0.25) is 0 Å². The van der Waals surface area contributed by atoms with Gasteiger partial charge in [-0.2, -0.15) is 0 Å². The van der Waals surface area contributed by atoms with Gasteiger partial charge in [-0.05, 0) is 50.1 Å². The van der Waals surface area contributed by atoms with Crippen LogP contribution in [0.25, 0.3) is 0 Å². The zero-order chi connectivity index (χ0) is 13.7. The molecule has 2 unspecified atom stereocenters. The van der Waals surface area contributed by atoms with Crippen LogP contribution < -0.4 is 10.1 Å². The van der Waals surface area contributed by atoms with Crippen molar-refractivity contribution in [3.05, 3.63) is 28.2 Å². The highest BCUT2D eigenvalue weighted by atomic mass is 79.9. The van der Waals surface area contributed by atoms with Gasteiger partial charge < -0.3 is 15.2 Å². The lowest BCUT2D eigenvalue weighted by Gasteiger charge is -2.22. The van der Waals surface area contributed by atoms with Crippen molar-refractivity contribution in [1.82, 2.24) is 5.32 Å². The van der Waals surface area contributed by atoms with Gasteiger partial charge in [0.05, 0.1) is 6.10 Å². The molecule has 2 rings (SSSR count). The second-order valence-corrected chi connectivity index (χ2v) is 6.00. The first-order valence-electron chi connectivity index (χ1n) is 6.98. The third kappa shape index (κ3) is 4.20. The van der Waals surface area contributed by atoms with Crippen LogP contribution in [0.3, 0.4) is 0 Å². The summed E-state index contributed by atoms with van der Waals surface area (Å²) < 4.78 is 7.07. The minimum atomic E-state index is -0.334. The van der Waals surface area contributed by atoms with Crippen LogP contribution in [0, 0.1) is 0 Å². The largest absolute Gasteiger partial charge is 0.488 e. The van der Waals surface area contributed by atoms with Gasteiger partial charge in [-0.25, -0.2) is 0 Å². The van der Waals surface area contributed by atoms with Crippen LogP contribution in [0.15, 0.2) is 22.7 Å². The lowest BCUT2D eigenvalue weighted by Crippen LogP contribution is -2.30. The molecule has 1 aromatic rings. The Balaban J connectivity index is 2.07. The number of hydrogen-bond donors (Lipinski definition) is 2. The fraction of sp³-hybridized carbons (Fsp3) is 0.600. The Bertz CT molecular complexity index is 411. The highest BCUT2D eigenvalue weighted by Crippen LogP contribution is 2.27. The average Bonchev–Trinajstić information content (AvgIpc) is 2.59. The van der Waals surface area contributed by atoms with E-state index in [0.717, 1.165) is 42.5 Å². The second kappa shape index (κ2) is 7.27. The predicted octanol–water partition coefficient (Wildman–Crippen LogP) is 3.24. The van der Waals surface area contributed by atoms with Gasteiger partial charge in [-0.1, -0.05) is 28.8 Å². The van der Waals surface area contributed by atoms with Crippen LogP contribution in [0.1, 0.15) is 37.7 Å². The van der Waals surface area contributed by atoms with Crippen molar-refractivity contribution >= 4 is 15.9 Å². The van der Waals surface area contributed by atoms with Gasteiger partial charge in [-0.15, -0.1) is 0 Å². The Morgan fingerprint density at radius 1 is 1.32 bits per heavy atom. The van der Waals surface area contributed by atoms with E-state index in [9.17, 15) is 5.11 Å². The first-order valence-corrected chi connectivity index (χ1v) is 7.77. The molecule has 0 spiro atoms. The van der Waals surface area contributed by atoms with Crippen LogP contribution in [0.4, 0.5) is 0 Å². The normalized spacial score (nSPS) is 23.9. The molecular weight excluding hydrogens is 306 g/mol. The fourth-order valence-electron chi connectivity index (χ4n) is 2.52. The lowest BCUT2D eigenvalue weighted by molar-refractivity contribution is 0.0319. The van der Waals surface area contributed by atoms with Crippen LogP contribution in [0.5, 0.6) is 5.75 Å². The van der Waals surface area contributed by atoms with E-state index in [4.69, 9.17) is 4.74 Å². The van der Waals surface area contributed by atoms with E-state index in [1.807, 2.05) is 25.2 Å². The lowest BCUT2D eigenvalue weighted by atomic mass is 10.1. The predicted molar refractivity (Wildman–Crippen MR) is 80.4 cm³/mol. The van der Waals surface area contributed by atoms with Gasteiger partial charge in [0.2, 0.25) is 0 Å². The molecule has 4 heteroatoms. The number of aliphatic hydroxyl groups excluding tert-OH is 1. The summed E-state index contributed by atoms with van der Waals surface area (Å²) in [6.45, 7) is 0.797. The topological polar surface area (TPSA) is 41.5 Å². The van der Waals surface area contributed by atoms with Crippen LogP contribution in [-0.4, -0.2) is 24.4 Å². The highest BCUT2D eigenvalue weighted by Gasteiger charge is 2.23. The Morgan fingerprint density at radius 3 is 2.89 bits per heavy atom. The summed E-state index contributed by atoms with van der Waals surface area (Å²) in [7, 11) is 1.93. The molecule has 1 aliphatic rings. The summed E-state index contributed by atoms with van der Waals surface area (Å²) in [6.07, 6.45) is 4.84. The fourth-order valence-corrected chi connectivity index (χ4v) is 2.90. The third-order valence-corrected chi connectivity index (χ3v) is 4.36. The van der Waals surface area contributed by atoms with E-state index >= 15 is 0 Å². The summed E-state index contributed by atoms with van der Waals surface area (Å²) in [5, 5.41) is 13.2. The van der Waals surface area contributed by atoms with Crippen LogP contribution >= 0.6 is 15.9 Å². The van der Waals surface area contributed by atoms with Crippen molar-refractivity contribution < 1.29 is 9.84 Å².